The van der Waals surface area contributed by atoms with E-state index in [2.05, 4.69) is 10.6 Å². The molecule has 0 aromatic heterocycles. The lowest BCUT2D eigenvalue weighted by molar-refractivity contribution is -0.137. The Morgan fingerprint density at radius 2 is 1.80 bits per heavy atom. The molecule has 0 saturated carbocycles. The predicted octanol–water partition coefficient (Wildman–Crippen LogP) is 0.796. The number of hydrogen-bond donors (Lipinski definition) is 3. The van der Waals surface area contributed by atoms with Crippen LogP contribution in [0.25, 0.3) is 0 Å². The minimum atomic E-state index is -0.906. The topological polar surface area (TPSA) is 98.7 Å². The fraction of sp³-hybridized carbons (Fsp3) is 0.769. The smallest absolute Gasteiger partial charge is 0.318 e. The zero-order chi connectivity index (χ0) is 15.9. The lowest BCUT2D eigenvalue weighted by Gasteiger charge is -2.28. The molecule has 116 valence electrons. The Labute approximate surface area is 119 Å². The molecule has 0 fully saturated rings. The minimum absolute atomic E-state index is 0.0194. The van der Waals surface area contributed by atoms with E-state index in [0.717, 1.165) is 0 Å². The molecule has 0 aliphatic rings. The molecular formula is C13H25N3O4. The number of hydrogen-bond acceptors (Lipinski definition) is 3. The first-order valence-electron chi connectivity index (χ1n) is 6.58. The van der Waals surface area contributed by atoms with Crippen LogP contribution in [0.1, 0.15) is 40.5 Å². The molecule has 0 radical (unpaired) electrons. The number of rotatable bonds is 7. The molecule has 3 amide bonds. The second-order valence-corrected chi connectivity index (χ2v) is 5.79. The van der Waals surface area contributed by atoms with Gasteiger partial charge >= 0.3 is 12.0 Å². The van der Waals surface area contributed by atoms with Crippen LogP contribution >= 0.6 is 0 Å². The highest BCUT2D eigenvalue weighted by molar-refractivity contribution is 5.84. The summed E-state index contributed by atoms with van der Waals surface area (Å²) in [6.07, 6.45) is 0.297. The first-order valence-corrected chi connectivity index (χ1v) is 6.58. The van der Waals surface area contributed by atoms with Gasteiger partial charge in [-0.3, -0.25) is 9.59 Å². The molecule has 0 aromatic carbocycles. The second kappa shape index (κ2) is 7.72. The molecule has 0 aliphatic heterocycles. The molecule has 0 heterocycles. The maximum absolute atomic E-state index is 11.9. The fourth-order valence-corrected chi connectivity index (χ4v) is 1.52. The molecule has 0 aromatic rings. The number of amides is 3. The van der Waals surface area contributed by atoms with E-state index in [-0.39, 0.29) is 24.9 Å². The van der Waals surface area contributed by atoms with Gasteiger partial charge in [-0.05, 0) is 34.1 Å². The molecule has 20 heavy (non-hydrogen) atoms. The van der Waals surface area contributed by atoms with Crippen molar-refractivity contribution in [1.82, 2.24) is 15.5 Å². The summed E-state index contributed by atoms with van der Waals surface area (Å²) in [6.45, 7) is 7.13. The van der Waals surface area contributed by atoms with E-state index >= 15 is 0 Å². The van der Waals surface area contributed by atoms with Gasteiger partial charge in [0.15, 0.2) is 0 Å². The van der Waals surface area contributed by atoms with Gasteiger partial charge in [0, 0.05) is 25.0 Å². The van der Waals surface area contributed by atoms with E-state index in [9.17, 15) is 14.4 Å². The van der Waals surface area contributed by atoms with Crippen LogP contribution in [-0.4, -0.2) is 53.1 Å². The van der Waals surface area contributed by atoms with Gasteiger partial charge in [0.1, 0.15) is 6.54 Å². The average Bonchev–Trinajstić information content (AvgIpc) is 2.24. The third kappa shape index (κ3) is 8.34. The number of carboxylic acids is 1. The van der Waals surface area contributed by atoms with Crippen molar-refractivity contribution in [2.75, 3.05) is 13.6 Å². The Kier molecular flexibility index (Phi) is 7.02. The van der Waals surface area contributed by atoms with Gasteiger partial charge in [-0.1, -0.05) is 0 Å². The molecule has 0 aliphatic carbocycles. The van der Waals surface area contributed by atoms with Crippen LogP contribution in [0.3, 0.4) is 0 Å². The third-order valence-corrected chi connectivity index (χ3v) is 2.59. The van der Waals surface area contributed by atoms with Crippen molar-refractivity contribution in [2.24, 2.45) is 0 Å². The van der Waals surface area contributed by atoms with Crippen LogP contribution < -0.4 is 10.6 Å². The van der Waals surface area contributed by atoms with Crippen molar-refractivity contribution in [1.29, 1.82) is 0 Å². The summed E-state index contributed by atoms with van der Waals surface area (Å²) >= 11 is 0. The molecule has 7 heteroatoms. The third-order valence-electron chi connectivity index (χ3n) is 2.59. The number of nitrogens with one attached hydrogen (secondary N) is 2. The fourth-order valence-electron chi connectivity index (χ4n) is 1.52. The van der Waals surface area contributed by atoms with Crippen molar-refractivity contribution < 1.29 is 19.5 Å². The van der Waals surface area contributed by atoms with Gasteiger partial charge in [0.05, 0.1) is 0 Å². The zero-order valence-corrected chi connectivity index (χ0v) is 12.8. The highest BCUT2D eigenvalue weighted by Crippen LogP contribution is 2.11. The van der Waals surface area contributed by atoms with E-state index in [1.54, 1.807) is 13.8 Å². The molecule has 3 N–H and O–H groups in total. The van der Waals surface area contributed by atoms with Gasteiger partial charge in [-0.15, -0.1) is 0 Å². The van der Waals surface area contributed by atoms with Crippen LogP contribution in [0.4, 0.5) is 4.79 Å². The Hall–Kier alpha value is -1.79. The summed E-state index contributed by atoms with van der Waals surface area (Å²) in [4.78, 5) is 35.3. The number of carboxylic acid groups (broad SMARTS) is 1. The van der Waals surface area contributed by atoms with E-state index in [0.29, 0.717) is 6.42 Å². The second-order valence-electron chi connectivity index (χ2n) is 5.79. The molecule has 7 nitrogen and oxygen atoms in total. The van der Waals surface area contributed by atoms with E-state index < -0.39 is 17.5 Å². The highest BCUT2D eigenvalue weighted by atomic mass is 16.4. The highest BCUT2D eigenvalue weighted by Gasteiger charge is 2.24. The summed E-state index contributed by atoms with van der Waals surface area (Å²) in [6, 6.07) is -0.384. The first kappa shape index (κ1) is 18.2. The Morgan fingerprint density at radius 1 is 1.25 bits per heavy atom. The molecule has 0 rings (SSSR count). The molecule has 0 saturated heterocycles. The molecule has 0 spiro atoms. The summed E-state index contributed by atoms with van der Waals surface area (Å²) in [7, 11) is 1.52. The summed E-state index contributed by atoms with van der Waals surface area (Å²) in [5.41, 5.74) is -0.641. The minimum Gasteiger partial charge on any atom is -0.481 e. The number of likely N-dealkylation sites (N-methyl/N-ethyl adjacent to an activating group) is 1. The zero-order valence-electron chi connectivity index (χ0n) is 12.8. The lowest BCUT2D eigenvalue weighted by Crippen LogP contribution is -2.51. The molecule has 0 unspecified atom stereocenters. The number of carbonyl (C=O) groups is 3. The average molecular weight is 287 g/mol. The number of carbonyl (C=O) groups excluding carboxylic acids is 2. The van der Waals surface area contributed by atoms with Crippen LogP contribution in [0.2, 0.25) is 0 Å². The van der Waals surface area contributed by atoms with Crippen LogP contribution in [0.15, 0.2) is 0 Å². The van der Waals surface area contributed by atoms with Crippen molar-refractivity contribution in [3.63, 3.8) is 0 Å². The molecule has 0 atom stereocenters. The number of nitrogens with zero attached hydrogens (tertiary/aromatic N) is 1. The van der Waals surface area contributed by atoms with Crippen molar-refractivity contribution in [3.05, 3.63) is 0 Å². The monoisotopic (exact) mass is 287 g/mol. The normalized spacial score (nSPS) is 11.1. The Balaban J connectivity index is 4.30. The first-order chi connectivity index (χ1) is 9.03. The van der Waals surface area contributed by atoms with E-state index in [1.807, 2.05) is 13.8 Å². The van der Waals surface area contributed by atoms with Crippen molar-refractivity contribution >= 4 is 17.9 Å². The van der Waals surface area contributed by atoms with E-state index in [1.165, 1.54) is 11.9 Å². The number of aliphatic carboxylic acids is 1. The summed E-state index contributed by atoms with van der Waals surface area (Å²) in [5.74, 6) is -1.14. The maximum Gasteiger partial charge on any atom is 0.318 e. The number of urea groups is 1. The Bertz CT molecular complexity index is 367. The lowest BCUT2D eigenvalue weighted by atomic mass is 9.99. The van der Waals surface area contributed by atoms with Gasteiger partial charge in [-0.25, -0.2) is 4.79 Å². The van der Waals surface area contributed by atoms with Gasteiger partial charge in [-0.2, -0.15) is 0 Å². The molecule has 0 bridgehead atoms. The van der Waals surface area contributed by atoms with E-state index in [4.69, 9.17) is 5.11 Å². The standard InChI is InChI=1S/C13H25N3O4/c1-9(2)14-10(17)8-16(5)12(20)15-13(3,4)7-6-11(18)19/h9H,6-8H2,1-5H3,(H,14,17)(H,15,20)(H,18,19). The molecular weight excluding hydrogens is 262 g/mol. The summed E-state index contributed by atoms with van der Waals surface area (Å²) < 4.78 is 0. The maximum atomic E-state index is 11.9. The quantitative estimate of drug-likeness (QED) is 0.645. The van der Waals surface area contributed by atoms with Gasteiger partial charge in [0.2, 0.25) is 5.91 Å². The van der Waals surface area contributed by atoms with Crippen LogP contribution in [0.5, 0.6) is 0 Å². The largest absolute Gasteiger partial charge is 0.481 e. The van der Waals surface area contributed by atoms with Crippen molar-refractivity contribution in [2.45, 2.75) is 52.1 Å². The van der Waals surface area contributed by atoms with Crippen LogP contribution in [0, 0.1) is 0 Å². The van der Waals surface area contributed by atoms with Gasteiger partial charge < -0.3 is 20.6 Å². The summed E-state index contributed by atoms with van der Waals surface area (Å²) in [5, 5.41) is 14.1. The van der Waals surface area contributed by atoms with Crippen molar-refractivity contribution in [3.8, 4) is 0 Å². The van der Waals surface area contributed by atoms with Crippen LogP contribution in [-0.2, 0) is 9.59 Å². The predicted molar refractivity (Wildman–Crippen MR) is 75.4 cm³/mol. The Morgan fingerprint density at radius 3 is 2.25 bits per heavy atom. The van der Waals surface area contributed by atoms with Gasteiger partial charge in [0.25, 0.3) is 0 Å². The SMILES string of the molecule is CC(C)NC(=O)CN(C)C(=O)NC(C)(C)CCC(=O)O.